The molecule has 13 heavy (non-hydrogen) atoms. The molecule has 0 aliphatic heterocycles. The maximum absolute atomic E-state index is 5.48. The molecule has 0 bridgehead atoms. The molecule has 1 aromatic carbocycles. The van der Waals surface area contributed by atoms with Gasteiger partial charge in [-0.1, -0.05) is 37.4 Å². The third-order valence-corrected chi connectivity index (χ3v) is 1.46. The molecule has 0 aliphatic carbocycles. The Kier molecular flexibility index (Phi) is 3.58. The summed E-state index contributed by atoms with van der Waals surface area (Å²) in [4.78, 5) is 0. The predicted octanol–water partition coefficient (Wildman–Crippen LogP) is 3.32. The molecule has 0 heterocycles. The predicted molar refractivity (Wildman–Crippen MR) is 55.5 cm³/mol. The largest absolute Gasteiger partial charge is 0.457 e. The third kappa shape index (κ3) is 2.99. The lowest BCUT2D eigenvalue weighted by Crippen LogP contribution is -1.90. The molecule has 0 radical (unpaired) electrons. The van der Waals surface area contributed by atoms with Crippen LogP contribution in [0.15, 0.2) is 67.5 Å². The van der Waals surface area contributed by atoms with Gasteiger partial charge in [-0.2, -0.15) is 0 Å². The molecular formula is C12H12O. The van der Waals surface area contributed by atoms with Gasteiger partial charge in [0.1, 0.15) is 11.5 Å². The minimum Gasteiger partial charge on any atom is -0.457 e. The van der Waals surface area contributed by atoms with Crippen molar-refractivity contribution in [2.45, 2.75) is 0 Å². The molecule has 0 amide bonds. The van der Waals surface area contributed by atoms with Crippen molar-refractivity contribution in [1.29, 1.82) is 0 Å². The summed E-state index contributed by atoms with van der Waals surface area (Å²) in [6, 6.07) is 9.56. The van der Waals surface area contributed by atoms with Gasteiger partial charge < -0.3 is 4.74 Å². The summed E-state index contributed by atoms with van der Waals surface area (Å²) >= 11 is 0. The molecule has 0 aromatic heterocycles. The Morgan fingerprint density at radius 3 is 2.38 bits per heavy atom. The monoisotopic (exact) mass is 172 g/mol. The Balaban J connectivity index is 2.73. The normalized spacial score (nSPS) is 10.6. The second-order valence-electron chi connectivity index (χ2n) is 2.42. The Labute approximate surface area is 78.7 Å². The number of rotatable bonds is 4. The highest BCUT2D eigenvalue weighted by atomic mass is 16.5. The average Bonchev–Trinajstić information content (AvgIpc) is 2.19. The lowest BCUT2D eigenvalue weighted by atomic mass is 10.3. The Hall–Kier alpha value is -1.76. The molecule has 0 spiro atoms. The molecule has 66 valence electrons. The van der Waals surface area contributed by atoms with Crippen LogP contribution in [0.3, 0.4) is 0 Å². The van der Waals surface area contributed by atoms with Crippen molar-refractivity contribution in [3.8, 4) is 5.75 Å². The highest BCUT2D eigenvalue weighted by Gasteiger charge is 1.92. The number of allylic oxidation sites excluding steroid dienone is 3. The fourth-order valence-corrected chi connectivity index (χ4v) is 0.885. The number of hydrogen-bond acceptors (Lipinski definition) is 1. The van der Waals surface area contributed by atoms with E-state index in [9.17, 15) is 0 Å². The molecule has 0 unspecified atom stereocenters. The smallest absolute Gasteiger partial charge is 0.127 e. The maximum atomic E-state index is 5.48. The van der Waals surface area contributed by atoms with Crippen LogP contribution in [0.1, 0.15) is 0 Å². The zero-order valence-corrected chi connectivity index (χ0v) is 7.44. The molecule has 1 nitrogen and oxygen atoms in total. The fourth-order valence-electron chi connectivity index (χ4n) is 0.885. The van der Waals surface area contributed by atoms with Gasteiger partial charge in [-0.15, -0.1) is 0 Å². The van der Waals surface area contributed by atoms with Crippen molar-refractivity contribution >= 4 is 0 Å². The van der Waals surface area contributed by atoms with Crippen LogP contribution in [0.25, 0.3) is 0 Å². The van der Waals surface area contributed by atoms with Gasteiger partial charge in [0.25, 0.3) is 0 Å². The highest BCUT2D eigenvalue weighted by molar-refractivity contribution is 5.27. The van der Waals surface area contributed by atoms with Gasteiger partial charge in [-0.05, 0) is 24.3 Å². The number of hydrogen-bond donors (Lipinski definition) is 0. The van der Waals surface area contributed by atoms with Gasteiger partial charge in [-0.25, -0.2) is 0 Å². The quantitative estimate of drug-likeness (QED) is 0.500. The van der Waals surface area contributed by atoms with Crippen molar-refractivity contribution in [1.82, 2.24) is 0 Å². The summed E-state index contributed by atoms with van der Waals surface area (Å²) in [7, 11) is 0. The Morgan fingerprint density at radius 1 is 1.15 bits per heavy atom. The molecular weight excluding hydrogens is 160 g/mol. The van der Waals surface area contributed by atoms with Gasteiger partial charge in [0.2, 0.25) is 0 Å². The van der Waals surface area contributed by atoms with E-state index >= 15 is 0 Å². The summed E-state index contributed by atoms with van der Waals surface area (Å²) in [6.45, 7) is 7.22. The molecule has 1 aromatic rings. The van der Waals surface area contributed by atoms with E-state index in [2.05, 4.69) is 13.2 Å². The van der Waals surface area contributed by atoms with Gasteiger partial charge in [0.05, 0.1) is 0 Å². The standard InChI is InChI=1S/C12H12O/c1-3-8-11(4-2)13-12-9-6-5-7-10-12/h3-10H,1-2H2. The second-order valence-corrected chi connectivity index (χ2v) is 2.42. The summed E-state index contributed by atoms with van der Waals surface area (Å²) in [5, 5.41) is 0. The minimum absolute atomic E-state index is 0.696. The Bertz CT molecular complexity index is 309. The zero-order chi connectivity index (χ0) is 9.52. The van der Waals surface area contributed by atoms with Crippen LogP contribution in [0, 0.1) is 0 Å². The van der Waals surface area contributed by atoms with E-state index in [4.69, 9.17) is 4.74 Å². The summed E-state index contributed by atoms with van der Waals surface area (Å²) < 4.78 is 5.48. The molecule has 1 heteroatoms. The zero-order valence-electron chi connectivity index (χ0n) is 7.44. The van der Waals surface area contributed by atoms with E-state index in [1.807, 2.05) is 30.3 Å². The first-order valence-electron chi connectivity index (χ1n) is 4.05. The lowest BCUT2D eigenvalue weighted by molar-refractivity contribution is 0.445. The van der Waals surface area contributed by atoms with Crippen molar-refractivity contribution in [3.63, 3.8) is 0 Å². The first kappa shape index (κ1) is 9.33. The van der Waals surface area contributed by atoms with Crippen molar-refractivity contribution in [2.24, 2.45) is 0 Å². The third-order valence-electron chi connectivity index (χ3n) is 1.46. The lowest BCUT2D eigenvalue weighted by Gasteiger charge is -2.04. The SMILES string of the molecule is C=CC=C(C=C)Oc1ccccc1. The summed E-state index contributed by atoms with van der Waals surface area (Å²) in [5.41, 5.74) is 0. The summed E-state index contributed by atoms with van der Waals surface area (Å²) in [6.07, 6.45) is 5.08. The molecule has 1 rings (SSSR count). The molecule has 0 saturated heterocycles. The van der Waals surface area contributed by atoms with Crippen molar-refractivity contribution in [2.75, 3.05) is 0 Å². The van der Waals surface area contributed by atoms with Gasteiger partial charge in [0, 0.05) is 0 Å². The number of ether oxygens (including phenoxy) is 1. The van der Waals surface area contributed by atoms with Crippen LogP contribution in [0.2, 0.25) is 0 Å². The second kappa shape index (κ2) is 4.99. The maximum Gasteiger partial charge on any atom is 0.127 e. The molecule has 0 aliphatic rings. The van der Waals surface area contributed by atoms with Gasteiger partial charge in [0.15, 0.2) is 0 Å². The minimum atomic E-state index is 0.696. The van der Waals surface area contributed by atoms with Crippen LogP contribution in [-0.2, 0) is 0 Å². The van der Waals surface area contributed by atoms with E-state index in [1.165, 1.54) is 0 Å². The van der Waals surface area contributed by atoms with Crippen LogP contribution < -0.4 is 4.74 Å². The van der Waals surface area contributed by atoms with Crippen LogP contribution in [0.4, 0.5) is 0 Å². The average molecular weight is 172 g/mol. The highest BCUT2D eigenvalue weighted by Crippen LogP contribution is 2.12. The van der Waals surface area contributed by atoms with Crippen LogP contribution >= 0.6 is 0 Å². The van der Waals surface area contributed by atoms with Gasteiger partial charge in [-0.3, -0.25) is 0 Å². The van der Waals surface area contributed by atoms with E-state index in [0.717, 1.165) is 5.75 Å². The fraction of sp³-hybridized carbons (Fsp3) is 0. The number of benzene rings is 1. The molecule has 0 fully saturated rings. The molecule has 0 N–H and O–H groups in total. The summed E-state index contributed by atoms with van der Waals surface area (Å²) in [5.74, 6) is 1.50. The van der Waals surface area contributed by atoms with E-state index < -0.39 is 0 Å². The van der Waals surface area contributed by atoms with Gasteiger partial charge >= 0.3 is 0 Å². The van der Waals surface area contributed by atoms with Crippen molar-refractivity contribution in [3.05, 3.63) is 67.5 Å². The Morgan fingerprint density at radius 2 is 1.85 bits per heavy atom. The topological polar surface area (TPSA) is 9.23 Å². The van der Waals surface area contributed by atoms with Crippen LogP contribution in [-0.4, -0.2) is 0 Å². The van der Waals surface area contributed by atoms with Crippen LogP contribution in [0.5, 0.6) is 5.75 Å². The first-order chi connectivity index (χ1) is 6.36. The molecule has 0 atom stereocenters. The number of para-hydroxylation sites is 1. The van der Waals surface area contributed by atoms with E-state index in [1.54, 1.807) is 18.2 Å². The van der Waals surface area contributed by atoms with Crippen molar-refractivity contribution < 1.29 is 4.74 Å². The van der Waals surface area contributed by atoms with E-state index in [0.29, 0.717) is 5.76 Å². The molecule has 0 saturated carbocycles. The van der Waals surface area contributed by atoms with E-state index in [-0.39, 0.29) is 0 Å². The first-order valence-corrected chi connectivity index (χ1v) is 4.05.